The van der Waals surface area contributed by atoms with Crippen molar-refractivity contribution in [3.63, 3.8) is 0 Å². The Morgan fingerprint density at radius 1 is 1.39 bits per heavy atom. The summed E-state index contributed by atoms with van der Waals surface area (Å²) in [5.41, 5.74) is 1.63. The van der Waals surface area contributed by atoms with Crippen LogP contribution in [-0.2, 0) is 0 Å². The molecule has 18 heavy (non-hydrogen) atoms. The molecule has 3 nitrogen and oxygen atoms in total. The van der Waals surface area contributed by atoms with E-state index < -0.39 is 0 Å². The molecule has 98 valence electrons. The summed E-state index contributed by atoms with van der Waals surface area (Å²) < 4.78 is 5.62. The summed E-state index contributed by atoms with van der Waals surface area (Å²) in [6, 6.07) is 5.68. The quantitative estimate of drug-likeness (QED) is 0.862. The molecule has 0 saturated heterocycles. The van der Waals surface area contributed by atoms with Crippen LogP contribution in [0.4, 0.5) is 0 Å². The van der Waals surface area contributed by atoms with Crippen LogP contribution in [0.25, 0.3) is 0 Å². The van der Waals surface area contributed by atoms with Crippen molar-refractivity contribution in [1.29, 1.82) is 0 Å². The first-order valence-electron chi connectivity index (χ1n) is 6.85. The van der Waals surface area contributed by atoms with Crippen molar-refractivity contribution in [3.8, 4) is 11.5 Å². The Morgan fingerprint density at radius 2 is 2.17 bits per heavy atom. The molecular formula is C15H21NO2. The summed E-state index contributed by atoms with van der Waals surface area (Å²) in [6.45, 7) is 4.11. The highest BCUT2D eigenvalue weighted by Crippen LogP contribution is 2.39. The van der Waals surface area contributed by atoms with Gasteiger partial charge in [-0.1, -0.05) is 19.8 Å². The summed E-state index contributed by atoms with van der Waals surface area (Å²) in [7, 11) is 0. The molecule has 0 amide bonds. The number of hydrogen-bond donors (Lipinski definition) is 2. The fraction of sp³-hybridized carbons (Fsp3) is 0.600. The molecule has 1 fully saturated rings. The minimum Gasteiger partial charge on any atom is -0.508 e. The van der Waals surface area contributed by atoms with Gasteiger partial charge in [0.2, 0.25) is 0 Å². The molecule has 0 radical (unpaired) electrons. The van der Waals surface area contributed by atoms with Crippen LogP contribution in [0.1, 0.15) is 44.2 Å². The number of nitrogens with one attached hydrogen (secondary N) is 1. The normalized spacial score (nSPS) is 24.8. The number of phenols is 1. The van der Waals surface area contributed by atoms with Crippen LogP contribution >= 0.6 is 0 Å². The van der Waals surface area contributed by atoms with E-state index in [4.69, 9.17) is 4.74 Å². The Kier molecular flexibility index (Phi) is 2.94. The average Bonchev–Trinajstić information content (AvgIpc) is 2.93. The highest BCUT2D eigenvalue weighted by molar-refractivity contribution is 5.44. The van der Waals surface area contributed by atoms with E-state index in [1.54, 1.807) is 12.1 Å². The van der Waals surface area contributed by atoms with Gasteiger partial charge >= 0.3 is 0 Å². The molecule has 2 aliphatic rings. The number of fused-ring (bicyclic) bond motifs is 1. The van der Waals surface area contributed by atoms with E-state index in [0.717, 1.165) is 12.3 Å². The second-order valence-corrected chi connectivity index (χ2v) is 5.98. The lowest BCUT2D eigenvalue weighted by atomic mass is 9.88. The molecule has 3 heteroatoms. The van der Waals surface area contributed by atoms with Gasteiger partial charge in [0.25, 0.3) is 0 Å². The van der Waals surface area contributed by atoms with E-state index in [1.807, 2.05) is 6.07 Å². The third kappa shape index (κ3) is 2.19. The Labute approximate surface area is 108 Å². The van der Waals surface area contributed by atoms with E-state index in [-0.39, 0.29) is 11.8 Å². The number of rotatable bonds is 3. The molecule has 1 aromatic rings. The first kappa shape index (κ1) is 11.8. The number of benzene rings is 1. The molecule has 0 spiro atoms. The maximum Gasteiger partial charge on any atom is 0.127 e. The fourth-order valence-electron chi connectivity index (χ4n) is 3.14. The van der Waals surface area contributed by atoms with Crippen molar-refractivity contribution in [1.82, 2.24) is 5.32 Å². The molecule has 2 N–H and O–H groups in total. The largest absolute Gasteiger partial charge is 0.508 e. The maximum absolute atomic E-state index is 9.43. The lowest BCUT2D eigenvalue weighted by molar-refractivity contribution is 0.264. The van der Waals surface area contributed by atoms with Gasteiger partial charge < -0.3 is 15.2 Å². The average molecular weight is 247 g/mol. The van der Waals surface area contributed by atoms with Crippen molar-refractivity contribution < 1.29 is 9.84 Å². The van der Waals surface area contributed by atoms with Crippen molar-refractivity contribution in [2.75, 3.05) is 13.2 Å². The van der Waals surface area contributed by atoms with E-state index >= 15 is 0 Å². The van der Waals surface area contributed by atoms with Gasteiger partial charge in [-0.2, -0.15) is 0 Å². The van der Waals surface area contributed by atoms with Crippen LogP contribution in [0.2, 0.25) is 0 Å². The Bertz CT molecular complexity index is 438. The molecule has 0 aromatic heterocycles. The van der Waals surface area contributed by atoms with Gasteiger partial charge in [0.1, 0.15) is 18.1 Å². The zero-order valence-corrected chi connectivity index (χ0v) is 10.9. The lowest BCUT2D eigenvalue weighted by Crippen LogP contribution is -2.33. The first-order valence-corrected chi connectivity index (χ1v) is 6.85. The molecular weight excluding hydrogens is 226 g/mol. The molecule has 1 unspecified atom stereocenters. The van der Waals surface area contributed by atoms with Crippen LogP contribution < -0.4 is 10.1 Å². The Hall–Kier alpha value is -1.22. The molecule has 1 aromatic carbocycles. The zero-order chi connectivity index (χ0) is 12.6. The molecule has 3 rings (SSSR count). The third-order valence-electron chi connectivity index (χ3n) is 4.36. The topological polar surface area (TPSA) is 41.5 Å². The number of hydrogen-bond acceptors (Lipinski definition) is 3. The number of aromatic hydroxyl groups is 1. The standard InChI is InChI=1S/C15H21NO2/c1-15(6-2-3-7-15)10-16-13-9-18-14-8-11(17)4-5-12(13)14/h4-5,8,13,16-17H,2-3,6-7,9-10H2,1H3. The molecule has 1 aliphatic heterocycles. The summed E-state index contributed by atoms with van der Waals surface area (Å²) in [6.07, 6.45) is 5.39. The summed E-state index contributed by atoms with van der Waals surface area (Å²) >= 11 is 0. The maximum atomic E-state index is 9.43. The molecule has 0 bridgehead atoms. The van der Waals surface area contributed by atoms with Gasteiger partial charge in [-0.15, -0.1) is 0 Å². The lowest BCUT2D eigenvalue weighted by Gasteiger charge is -2.25. The molecule has 1 saturated carbocycles. The van der Waals surface area contributed by atoms with E-state index in [1.165, 1.54) is 31.2 Å². The predicted molar refractivity (Wildman–Crippen MR) is 70.9 cm³/mol. The molecule has 1 aliphatic carbocycles. The van der Waals surface area contributed by atoms with Gasteiger partial charge in [0.15, 0.2) is 0 Å². The number of phenolic OH excluding ortho intramolecular Hbond substituents is 1. The van der Waals surface area contributed by atoms with Crippen LogP contribution in [0, 0.1) is 5.41 Å². The highest BCUT2D eigenvalue weighted by Gasteiger charge is 2.31. The minimum absolute atomic E-state index is 0.275. The van der Waals surface area contributed by atoms with E-state index in [9.17, 15) is 5.11 Å². The van der Waals surface area contributed by atoms with Crippen molar-refractivity contribution in [2.45, 2.75) is 38.6 Å². The first-order chi connectivity index (χ1) is 8.66. The Morgan fingerprint density at radius 3 is 2.94 bits per heavy atom. The van der Waals surface area contributed by atoms with Gasteiger partial charge in [0.05, 0.1) is 6.04 Å². The summed E-state index contributed by atoms with van der Waals surface area (Å²) in [4.78, 5) is 0. The van der Waals surface area contributed by atoms with Crippen molar-refractivity contribution >= 4 is 0 Å². The van der Waals surface area contributed by atoms with Crippen molar-refractivity contribution in [2.24, 2.45) is 5.41 Å². The van der Waals surface area contributed by atoms with Gasteiger partial charge in [0, 0.05) is 18.2 Å². The number of ether oxygens (including phenoxy) is 1. The second kappa shape index (κ2) is 4.47. The van der Waals surface area contributed by atoms with Crippen LogP contribution in [0.15, 0.2) is 18.2 Å². The van der Waals surface area contributed by atoms with Crippen LogP contribution in [0.3, 0.4) is 0 Å². The van der Waals surface area contributed by atoms with E-state index in [0.29, 0.717) is 12.0 Å². The van der Waals surface area contributed by atoms with Crippen molar-refractivity contribution in [3.05, 3.63) is 23.8 Å². The van der Waals surface area contributed by atoms with Gasteiger partial charge in [-0.05, 0) is 30.4 Å². The minimum atomic E-state index is 0.275. The van der Waals surface area contributed by atoms with Gasteiger partial charge in [-0.3, -0.25) is 0 Å². The van der Waals surface area contributed by atoms with Crippen LogP contribution in [-0.4, -0.2) is 18.3 Å². The third-order valence-corrected chi connectivity index (χ3v) is 4.36. The predicted octanol–water partition coefficient (Wildman–Crippen LogP) is 3.00. The highest BCUT2D eigenvalue weighted by atomic mass is 16.5. The molecule has 1 heterocycles. The summed E-state index contributed by atoms with van der Waals surface area (Å²) in [5.74, 6) is 1.10. The zero-order valence-electron chi connectivity index (χ0n) is 10.9. The van der Waals surface area contributed by atoms with Crippen LogP contribution in [0.5, 0.6) is 11.5 Å². The van der Waals surface area contributed by atoms with Gasteiger partial charge in [-0.25, -0.2) is 0 Å². The summed E-state index contributed by atoms with van der Waals surface area (Å²) in [5, 5.41) is 13.1. The second-order valence-electron chi connectivity index (χ2n) is 5.98. The molecule has 1 atom stereocenters. The Balaban J connectivity index is 1.66. The SMILES string of the molecule is CC1(CNC2COc3cc(O)ccc32)CCCC1. The fourth-order valence-corrected chi connectivity index (χ4v) is 3.14. The smallest absolute Gasteiger partial charge is 0.127 e. The monoisotopic (exact) mass is 247 g/mol. The van der Waals surface area contributed by atoms with E-state index in [2.05, 4.69) is 12.2 Å².